The molecule has 0 aliphatic heterocycles. The number of benzene rings is 2. The lowest BCUT2D eigenvalue weighted by Gasteiger charge is -2.16. The fourth-order valence-electron chi connectivity index (χ4n) is 2.53. The highest BCUT2D eigenvalue weighted by Crippen LogP contribution is 2.26. The minimum atomic E-state index is -0.306. The first kappa shape index (κ1) is 19.7. The molecule has 0 aliphatic carbocycles. The minimum Gasteiger partial charge on any atom is -0.454 e. The highest BCUT2D eigenvalue weighted by Gasteiger charge is 2.17. The zero-order valence-electron chi connectivity index (χ0n) is 16.5. The van der Waals surface area contributed by atoms with E-state index in [-0.39, 0.29) is 12.1 Å². The second-order valence-electron chi connectivity index (χ2n) is 6.73. The van der Waals surface area contributed by atoms with E-state index in [0.29, 0.717) is 5.56 Å². The molecule has 0 saturated heterocycles. The van der Waals surface area contributed by atoms with E-state index in [1.807, 2.05) is 76.0 Å². The Bertz CT molecular complexity index is 795. The van der Waals surface area contributed by atoms with Gasteiger partial charge < -0.3 is 9.64 Å². The Hall–Kier alpha value is -2.62. The van der Waals surface area contributed by atoms with Crippen LogP contribution in [0.1, 0.15) is 52.6 Å². The monoisotopic (exact) mass is 352 g/mol. The Labute approximate surface area is 156 Å². The molecule has 1 atom stereocenters. The van der Waals surface area contributed by atoms with Gasteiger partial charge in [0.2, 0.25) is 0 Å². The molecule has 2 aromatic carbocycles. The number of aliphatic imine (C=N–C) groups is 1. The Balaban J connectivity index is 2.17. The SMILES string of the molecule is CCN(C)C=Nc1cc(C)c(C(=O)O[C@@H](C)c2ccc(C)cc2)cc1C. The quantitative estimate of drug-likeness (QED) is 0.410. The molecule has 26 heavy (non-hydrogen) atoms. The maximum atomic E-state index is 12.6. The zero-order valence-corrected chi connectivity index (χ0v) is 16.5. The molecule has 0 spiro atoms. The first-order valence-corrected chi connectivity index (χ1v) is 8.95. The van der Waals surface area contributed by atoms with Crippen molar-refractivity contribution in [2.24, 2.45) is 4.99 Å². The smallest absolute Gasteiger partial charge is 0.339 e. The second kappa shape index (κ2) is 8.65. The summed E-state index contributed by atoms with van der Waals surface area (Å²) < 4.78 is 5.67. The molecule has 138 valence electrons. The van der Waals surface area contributed by atoms with Crippen LogP contribution in [0, 0.1) is 20.8 Å². The molecule has 0 fully saturated rings. The molecule has 0 heterocycles. The molecule has 0 aromatic heterocycles. The van der Waals surface area contributed by atoms with Gasteiger partial charge in [0.15, 0.2) is 0 Å². The van der Waals surface area contributed by atoms with Crippen molar-refractivity contribution in [3.63, 3.8) is 0 Å². The molecular weight excluding hydrogens is 324 g/mol. The van der Waals surface area contributed by atoms with Crippen molar-refractivity contribution >= 4 is 18.0 Å². The fourth-order valence-corrected chi connectivity index (χ4v) is 2.53. The van der Waals surface area contributed by atoms with Crippen LogP contribution in [0.15, 0.2) is 41.4 Å². The number of hydrogen-bond acceptors (Lipinski definition) is 3. The van der Waals surface area contributed by atoms with E-state index in [0.717, 1.165) is 28.9 Å². The summed E-state index contributed by atoms with van der Waals surface area (Å²) in [5.41, 5.74) is 5.44. The molecule has 0 N–H and O–H groups in total. The zero-order chi connectivity index (χ0) is 19.3. The lowest BCUT2D eigenvalue weighted by Crippen LogP contribution is -2.14. The number of carbonyl (C=O) groups is 1. The number of ether oxygens (including phenoxy) is 1. The van der Waals surface area contributed by atoms with E-state index in [1.54, 1.807) is 6.34 Å². The van der Waals surface area contributed by atoms with Gasteiger partial charge in [0.25, 0.3) is 0 Å². The van der Waals surface area contributed by atoms with E-state index in [1.165, 1.54) is 5.56 Å². The highest BCUT2D eigenvalue weighted by atomic mass is 16.5. The normalized spacial score (nSPS) is 12.2. The third-order valence-corrected chi connectivity index (χ3v) is 4.49. The van der Waals surface area contributed by atoms with E-state index in [4.69, 9.17) is 4.74 Å². The Morgan fingerprint density at radius 3 is 2.42 bits per heavy atom. The minimum absolute atomic E-state index is 0.293. The van der Waals surface area contributed by atoms with Crippen molar-refractivity contribution in [1.29, 1.82) is 0 Å². The number of rotatable bonds is 6. The maximum Gasteiger partial charge on any atom is 0.339 e. The van der Waals surface area contributed by atoms with Gasteiger partial charge in [0, 0.05) is 13.6 Å². The van der Waals surface area contributed by atoms with Crippen molar-refractivity contribution in [3.05, 3.63) is 64.2 Å². The van der Waals surface area contributed by atoms with E-state index in [2.05, 4.69) is 11.9 Å². The largest absolute Gasteiger partial charge is 0.454 e. The predicted molar refractivity (Wildman–Crippen MR) is 107 cm³/mol. The van der Waals surface area contributed by atoms with Crippen molar-refractivity contribution in [1.82, 2.24) is 4.90 Å². The number of carbonyl (C=O) groups excluding carboxylic acids is 1. The standard InChI is InChI=1S/C22H28N2O2/c1-7-24(6)14-23-21-13-16(3)20(12-17(21)4)22(25)26-18(5)19-10-8-15(2)9-11-19/h8-14,18H,7H2,1-6H3/t18-/m0/s1. The van der Waals surface area contributed by atoms with E-state index < -0.39 is 0 Å². The van der Waals surface area contributed by atoms with Crippen LogP contribution in [0.3, 0.4) is 0 Å². The van der Waals surface area contributed by atoms with Gasteiger partial charge >= 0.3 is 5.97 Å². The summed E-state index contributed by atoms with van der Waals surface area (Å²) in [6.45, 7) is 10.8. The highest BCUT2D eigenvalue weighted by molar-refractivity contribution is 5.92. The van der Waals surface area contributed by atoms with Gasteiger partial charge in [-0.15, -0.1) is 0 Å². The second-order valence-corrected chi connectivity index (χ2v) is 6.73. The molecule has 4 heteroatoms. The van der Waals surface area contributed by atoms with Crippen LogP contribution in [0.25, 0.3) is 0 Å². The Morgan fingerprint density at radius 1 is 1.15 bits per heavy atom. The van der Waals surface area contributed by atoms with Crippen molar-refractivity contribution in [3.8, 4) is 0 Å². The van der Waals surface area contributed by atoms with Crippen molar-refractivity contribution in [2.45, 2.75) is 40.7 Å². The molecule has 0 radical (unpaired) electrons. The molecule has 2 rings (SSSR count). The maximum absolute atomic E-state index is 12.6. The molecule has 4 nitrogen and oxygen atoms in total. The van der Waals surface area contributed by atoms with Gasteiger partial charge in [-0.3, -0.25) is 0 Å². The van der Waals surface area contributed by atoms with Gasteiger partial charge in [-0.25, -0.2) is 9.79 Å². The predicted octanol–water partition coefficient (Wildman–Crippen LogP) is 5.14. The molecule has 0 bridgehead atoms. The van der Waals surface area contributed by atoms with E-state index in [9.17, 15) is 4.79 Å². The summed E-state index contributed by atoms with van der Waals surface area (Å²) in [6, 6.07) is 11.8. The average Bonchev–Trinajstić information content (AvgIpc) is 2.62. The lowest BCUT2D eigenvalue weighted by atomic mass is 10.0. The first-order chi connectivity index (χ1) is 12.3. The summed E-state index contributed by atoms with van der Waals surface area (Å²) in [5.74, 6) is -0.306. The van der Waals surface area contributed by atoms with Gasteiger partial charge in [-0.1, -0.05) is 29.8 Å². The molecular formula is C22H28N2O2. The molecule has 0 amide bonds. The van der Waals surface area contributed by atoms with Crippen LogP contribution in [0.5, 0.6) is 0 Å². The van der Waals surface area contributed by atoms with Crippen LogP contribution in [0.2, 0.25) is 0 Å². The third-order valence-electron chi connectivity index (χ3n) is 4.49. The summed E-state index contributed by atoms with van der Waals surface area (Å²) in [7, 11) is 1.98. The number of esters is 1. The number of hydrogen-bond donors (Lipinski definition) is 0. The summed E-state index contributed by atoms with van der Waals surface area (Å²) in [6.07, 6.45) is 1.51. The van der Waals surface area contributed by atoms with Gasteiger partial charge in [0.05, 0.1) is 17.6 Å². The van der Waals surface area contributed by atoms with Crippen molar-refractivity contribution < 1.29 is 9.53 Å². The molecule has 0 unspecified atom stereocenters. The van der Waals surface area contributed by atoms with E-state index >= 15 is 0 Å². The van der Waals surface area contributed by atoms with Gasteiger partial charge in [-0.2, -0.15) is 0 Å². The van der Waals surface area contributed by atoms with Crippen LogP contribution < -0.4 is 0 Å². The lowest BCUT2D eigenvalue weighted by molar-refractivity contribution is 0.0337. The van der Waals surface area contributed by atoms with Crippen LogP contribution in [0.4, 0.5) is 5.69 Å². The number of aryl methyl sites for hydroxylation is 3. The van der Waals surface area contributed by atoms with Crippen molar-refractivity contribution in [2.75, 3.05) is 13.6 Å². The van der Waals surface area contributed by atoms with Crippen LogP contribution >= 0.6 is 0 Å². The Morgan fingerprint density at radius 2 is 1.81 bits per heavy atom. The summed E-state index contributed by atoms with van der Waals surface area (Å²) in [4.78, 5) is 19.1. The van der Waals surface area contributed by atoms with Crippen LogP contribution in [-0.2, 0) is 4.74 Å². The summed E-state index contributed by atoms with van der Waals surface area (Å²) >= 11 is 0. The number of nitrogens with zero attached hydrogens (tertiary/aromatic N) is 2. The molecule has 2 aromatic rings. The Kier molecular flexibility index (Phi) is 6.56. The third kappa shape index (κ3) is 4.94. The fraction of sp³-hybridized carbons (Fsp3) is 0.364. The first-order valence-electron chi connectivity index (χ1n) is 8.95. The molecule has 0 saturated carbocycles. The van der Waals surface area contributed by atoms with Crippen LogP contribution in [-0.4, -0.2) is 30.8 Å². The average molecular weight is 352 g/mol. The van der Waals surface area contributed by atoms with Gasteiger partial charge in [0.1, 0.15) is 6.10 Å². The van der Waals surface area contributed by atoms with Gasteiger partial charge in [-0.05, 0) is 63.4 Å². The topological polar surface area (TPSA) is 41.9 Å². The molecule has 0 aliphatic rings. The summed E-state index contributed by atoms with van der Waals surface area (Å²) in [5, 5.41) is 0.